The van der Waals surface area contributed by atoms with Crippen molar-refractivity contribution in [2.45, 2.75) is 13.3 Å². The van der Waals surface area contributed by atoms with Crippen LogP contribution in [-0.2, 0) is 0 Å². The second kappa shape index (κ2) is 6.52. The third-order valence-corrected chi connectivity index (χ3v) is 2.86. The maximum Gasteiger partial charge on any atom is 0.151 e. The van der Waals surface area contributed by atoms with E-state index in [-0.39, 0.29) is 10.7 Å². The highest BCUT2D eigenvalue weighted by molar-refractivity contribution is 6.33. The van der Waals surface area contributed by atoms with Crippen molar-refractivity contribution in [2.24, 2.45) is 0 Å². The number of anilines is 3. The van der Waals surface area contributed by atoms with Gasteiger partial charge < -0.3 is 10.6 Å². The molecule has 0 fully saturated rings. The van der Waals surface area contributed by atoms with E-state index >= 15 is 0 Å². The Morgan fingerprint density at radius 3 is 2.65 bits per heavy atom. The first-order chi connectivity index (χ1) is 9.60. The predicted molar refractivity (Wildman–Crippen MR) is 77.7 cm³/mol. The van der Waals surface area contributed by atoms with E-state index in [0.717, 1.165) is 25.1 Å². The topological polar surface area (TPSA) is 37.0 Å². The number of nitrogens with one attached hydrogen (secondary N) is 2. The van der Waals surface area contributed by atoms with Gasteiger partial charge in [-0.05, 0) is 24.6 Å². The zero-order valence-electron chi connectivity index (χ0n) is 10.9. The molecule has 1 heterocycles. The maximum atomic E-state index is 13.7. The van der Waals surface area contributed by atoms with Crippen molar-refractivity contribution in [3.63, 3.8) is 0 Å². The molecule has 0 aliphatic heterocycles. The first-order valence-corrected chi connectivity index (χ1v) is 6.60. The lowest BCUT2D eigenvalue weighted by Gasteiger charge is -2.11. The molecule has 0 bridgehead atoms. The lowest BCUT2D eigenvalue weighted by molar-refractivity contribution is 0.586. The average molecular weight is 298 g/mol. The third kappa shape index (κ3) is 3.57. The van der Waals surface area contributed by atoms with E-state index in [2.05, 4.69) is 15.6 Å². The zero-order valence-corrected chi connectivity index (χ0v) is 11.6. The number of nitrogens with zero attached hydrogens (tertiary/aromatic N) is 1. The normalized spacial score (nSPS) is 10.4. The Morgan fingerprint density at radius 2 is 1.95 bits per heavy atom. The number of halogens is 3. The van der Waals surface area contributed by atoms with Gasteiger partial charge in [0.2, 0.25) is 0 Å². The second-order valence-electron chi connectivity index (χ2n) is 4.20. The molecular weight excluding hydrogens is 284 g/mol. The van der Waals surface area contributed by atoms with E-state index in [9.17, 15) is 8.78 Å². The van der Waals surface area contributed by atoms with Crippen molar-refractivity contribution < 1.29 is 8.78 Å². The molecule has 0 saturated heterocycles. The molecule has 106 valence electrons. The summed E-state index contributed by atoms with van der Waals surface area (Å²) in [5.74, 6) is -0.373. The highest BCUT2D eigenvalue weighted by Crippen LogP contribution is 2.29. The summed E-state index contributed by atoms with van der Waals surface area (Å²) in [5, 5.41) is 5.85. The van der Waals surface area contributed by atoms with Crippen LogP contribution >= 0.6 is 11.6 Å². The van der Waals surface area contributed by atoms with Gasteiger partial charge in [0.1, 0.15) is 17.5 Å². The smallest absolute Gasteiger partial charge is 0.151 e. The molecule has 3 nitrogen and oxygen atoms in total. The highest BCUT2D eigenvalue weighted by Gasteiger charge is 2.10. The Kier molecular flexibility index (Phi) is 4.74. The second-order valence-corrected chi connectivity index (χ2v) is 4.61. The predicted octanol–water partition coefficient (Wildman–Crippen LogP) is 4.58. The summed E-state index contributed by atoms with van der Waals surface area (Å²) < 4.78 is 26.6. The lowest BCUT2D eigenvalue weighted by atomic mass is 10.3. The highest BCUT2D eigenvalue weighted by atomic mass is 35.5. The first-order valence-electron chi connectivity index (χ1n) is 6.22. The Bertz CT molecular complexity index is 582. The summed E-state index contributed by atoms with van der Waals surface area (Å²) in [5.41, 5.74) is 0.00760. The van der Waals surface area contributed by atoms with E-state index in [0.29, 0.717) is 11.6 Å². The van der Waals surface area contributed by atoms with E-state index in [1.54, 1.807) is 12.1 Å². The summed E-state index contributed by atoms with van der Waals surface area (Å²) in [4.78, 5) is 4.27. The van der Waals surface area contributed by atoms with Crippen molar-refractivity contribution in [1.29, 1.82) is 0 Å². The summed E-state index contributed by atoms with van der Waals surface area (Å²) in [6, 6.07) is 7.09. The van der Waals surface area contributed by atoms with Gasteiger partial charge in [0.25, 0.3) is 0 Å². The van der Waals surface area contributed by atoms with Crippen LogP contribution in [0.4, 0.5) is 26.1 Å². The number of hydrogen-bond acceptors (Lipinski definition) is 3. The minimum atomic E-state index is -0.760. The molecule has 0 atom stereocenters. The van der Waals surface area contributed by atoms with Crippen LogP contribution in [0.1, 0.15) is 13.3 Å². The van der Waals surface area contributed by atoms with Gasteiger partial charge in [0.05, 0.1) is 10.7 Å². The maximum absolute atomic E-state index is 13.7. The van der Waals surface area contributed by atoms with Crippen LogP contribution in [0, 0.1) is 11.6 Å². The molecule has 6 heteroatoms. The Morgan fingerprint density at radius 1 is 1.20 bits per heavy atom. The minimum absolute atomic E-state index is 0.00760. The molecule has 2 rings (SSSR count). The molecule has 20 heavy (non-hydrogen) atoms. The van der Waals surface area contributed by atoms with Crippen molar-refractivity contribution >= 4 is 28.9 Å². The van der Waals surface area contributed by atoms with Gasteiger partial charge in [-0.15, -0.1) is 0 Å². The van der Waals surface area contributed by atoms with Gasteiger partial charge in [-0.1, -0.05) is 24.6 Å². The summed E-state index contributed by atoms with van der Waals surface area (Å²) >= 11 is 5.82. The van der Waals surface area contributed by atoms with Gasteiger partial charge >= 0.3 is 0 Å². The van der Waals surface area contributed by atoms with Crippen LogP contribution in [0.25, 0.3) is 0 Å². The van der Waals surface area contributed by atoms with E-state index < -0.39 is 11.6 Å². The number of pyridine rings is 1. The molecule has 0 radical (unpaired) electrons. The van der Waals surface area contributed by atoms with Crippen molar-refractivity contribution in [2.75, 3.05) is 17.2 Å². The standard InChI is InChI=1S/C14H14ClF2N3/c1-2-6-18-12-4-3-5-13(19-12)20-14-10(15)7-9(16)8-11(14)17/h3-5,7-8H,2,6H2,1H3,(H2,18,19,20). The quantitative estimate of drug-likeness (QED) is 0.848. The molecule has 0 amide bonds. The number of aromatic nitrogens is 1. The van der Waals surface area contributed by atoms with E-state index in [1.807, 2.05) is 13.0 Å². The molecule has 1 aromatic carbocycles. The van der Waals surface area contributed by atoms with Crippen LogP contribution in [-0.4, -0.2) is 11.5 Å². The van der Waals surface area contributed by atoms with Gasteiger partial charge in [0, 0.05) is 12.6 Å². The van der Waals surface area contributed by atoms with Gasteiger partial charge in [-0.2, -0.15) is 0 Å². The molecule has 0 unspecified atom stereocenters. The Labute approximate surface area is 121 Å². The molecule has 2 aromatic rings. The Hall–Kier alpha value is -1.88. The van der Waals surface area contributed by atoms with Gasteiger partial charge in [-0.3, -0.25) is 0 Å². The summed E-state index contributed by atoms with van der Waals surface area (Å²) in [6.45, 7) is 2.84. The van der Waals surface area contributed by atoms with Gasteiger partial charge in [-0.25, -0.2) is 13.8 Å². The number of hydrogen-bond donors (Lipinski definition) is 2. The Balaban J connectivity index is 2.22. The van der Waals surface area contributed by atoms with Crippen molar-refractivity contribution in [3.8, 4) is 0 Å². The van der Waals surface area contributed by atoms with Crippen LogP contribution < -0.4 is 10.6 Å². The van der Waals surface area contributed by atoms with E-state index in [4.69, 9.17) is 11.6 Å². The van der Waals surface area contributed by atoms with Gasteiger partial charge in [0.15, 0.2) is 5.82 Å². The molecule has 0 aliphatic carbocycles. The van der Waals surface area contributed by atoms with Crippen LogP contribution in [0.5, 0.6) is 0 Å². The fraction of sp³-hybridized carbons (Fsp3) is 0.214. The zero-order chi connectivity index (χ0) is 14.5. The van der Waals surface area contributed by atoms with Crippen molar-refractivity contribution in [3.05, 3.63) is 47.0 Å². The largest absolute Gasteiger partial charge is 0.370 e. The molecule has 0 aliphatic rings. The SMILES string of the molecule is CCCNc1cccc(Nc2c(F)cc(F)cc2Cl)n1. The molecule has 2 N–H and O–H groups in total. The third-order valence-electron chi connectivity index (χ3n) is 2.57. The fourth-order valence-electron chi connectivity index (χ4n) is 1.65. The summed E-state index contributed by atoms with van der Waals surface area (Å²) in [6.07, 6.45) is 0.970. The molecular formula is C14H14ClF2N3. The molecule has 1 aromatic heterocycles. The van der Waals surface area contributed by atoms with Crippen molar-refractivity contribution in [1.82, 2.24) is 4.98 Å². The number of benzene rings is 1. The van der Waals surface area contributed by atoms with Crippen LogP contribution in [0.15, 0.2) is 30.3 Å². The minimum Gasteiger partial charge on any atom is -0.370 e. The monoisotopic (exact) mass is 297 g/mol. The average Bonchev–Trinajstić information content (AvgIpc) is 2.41. The van der Waals surface area contributed by atoms with E-state index in [1.165, 1.54) is 0 Å². The first kappa shape index (κ1) is 14.5. The number of rotatable bonds is 5. The molecule has 0 saturated carbocycles. The van der Waals surface area contributed by atoms with Crippen LogP contribution in [0.2, 0.25) is 5.02 Å². The lowest BCUT2D eigenvalue weighted by Crippen LogP contribution is -2.04. The fourth-order valence-corrected chi connectivity index (χ4v) is 1.89. The summed E-state index contributed by atoms with van der Waals surface area (Å²) in [7, 11) is 0. The van der Waals surface area contributed by atoms with Crippen LogP contribution in [0.3, 0.4) is 0 Å². The molecule has 0 spiro atoms.